The second-order valence-corrected chi connectivity index (χ2v) is 9.79. The summed E-state index contributed by atoms with van der Waals surface area (Å²) in [5, 5.41) is 14.4. The first-order valence-electron chi connectivity index (χ1n) is 11.1. The van der Waals surface area contributed by atoms with Crippen molar-refractivity contribution in [3.05, 3.63) is 63.6 Å². The SMILES string of the molecule is CCc1ccc(C2=NC3(CCN(C(C)C)CC3)NC(c3cc(Br)ccc3O)C2)cc1. The Bertz CT molecular complexity index is 914. The average Bonchev–Trinajstić information content (AvgIpc) is 2.75. The minimum Gasteiger partial charge on any atom is -0.508 e. The van der Waals surface area contributed by atoms with E-state index in [0.29, 0.717) is 11.8 Å². The summed E-state index contributed by atoms with van der Waals surface area (Å²) >= 11 is 3.57. The zero-order chi connectivity index (χ0) is 21.3. The molecule has 30 heavy (non-hydrogen) atoms. The predicted molar refractivity (Wildman–Crippen MR) is 127 cm³/mol. The van der Waals surface area contributed by atoms with Crippen LogP contribution in [-0.4, -0.2) is 40.5 Å². The summed E-state index contributed by atoms with van der Waals surface area (Å²) in [5.41, 5.74) is 4.33. The number of phenolic OH excluding ortho intramolecular Hbond substituents is 1. The molecule has 1 unspecified atom stereocenters. The van der Waals surface area contributed by atoms with Gasteiger partial charge in [-0.2, -0.15) is 0 Å². The van der Waals surface area contributed by atoms with Gasteiger partial charge >= 0.3 is 0 Å². The number of hydrogen-bond donors (Lipinski definition) is 2. The summed E-state index contributed by atoms with van der Waals surface area (Å²) in [6, 6.07) is 15.1. The molecule has 2 N–H and O–H groups in total. The van der Waals surface area contributed by atoms with E-state index in [-0.39, 0.29) is 11.7 Å². The Morgan fingerprint density at radius 1 is 1.17 bits per heavy atom. The number of likely N-dealkylation sites (tertiary alicyclic amines) is 1. The molecule has 2 aliphatic rings. The lowest BCUT2D eigenvalue weighted by atomic mass is 9.87. The Labute approximate surface area is 188 Å². The van der Waals surface area contributed by atoms with E-state index in [9.17, 15) is 5.11 Å². The largest absolute Gasteiger partial charge is 0.508 e. The van der Waals surface area contributed by atoms with E-state index in [4.69, 9.17) is 4.99 Å². The van der Waals surface area contributed by atoms with Crippen LogP contribution < -0.4 is 5.32 Å². The number of halogens is 1. The molecule has 0 amide bonds. The predicted octanol–water partition coefficient (Wildman–Crippen LogP) is 5.44. The molecule has 1 spiro atoms. The van der Waals surface area contributed by atoms with Gasteiger partial charge in [0.15, 0.2) is 0 Å². The molecule has 4 rings (SSSR count). The van der Waals surface area contributed by atoms with Crippen molar-refractivity contribution < 1.29 is 5.11 Å². The lowest BCUT2D eigenvalue weighted by Crippen LogP contribution is -2.56. The fourth-order valence-corrected chi connectivity index (χ4v) is 5.06. The van der Waals surface area contributed by atoms with E-state index in [1.807, 2.05) is 12.1 Å². The zero-order valence-corrected chi connectivity index (χ0v) is 19.7. The summed E-state index contributed by atoms with van der Waals surface area (Å²) in [5.74, 6) is 0.341. The normalized spacial score (nSPS) is 21.8. The van der Waals surface area contributed by atoms with Gasteiger partial charge in [-0.05, 0) is 62.4 Å². The summed E-state index contributed by atoms with van der Waals surface area (Å²) < 4.78 is 0.983. The van der Waals surface area contributed by atoms with Crippen molar-refractivity contribution >= 4 is 21.6 Å². The first kappa shape index (κ1) is 21.5. The van der Waals surface area contributed by atoms with Crippen LogP contribution in [0.15, 0.2) is 51.9 Å². The number of aromatic hydroxyl groups is 1. The minimum atomic E-state index is -0.276. The van der Waals surface area contributed by atoms with Crippen LogP contribution in [0.3, 0.4) is 0 Å². The fraction of sp³-hybridized carbons (Fsp3) is 0.480. The quantitative estimate of drug-likeness (QED) is 0.626. The summed E-state index contributed by atoms with van der Waals surface area (Å²) in [7, 11) is 0. The van der Waals surface area contributed by atoms with E-state index < -0.39 is 0 Å². The highest BCUT2D eigenvalue weighted by atomic mass is 79.9. The summed E-state index contributed by atoms with van der Waals surface area (Å²) in [6.45, 7) is 8.78. The summed E-state index contributed by atoms with van der Waals surface area (Å²) in [6.07, 6.45) is 3.77. The molecule has 0 aliphatic carbocycles. The molecule has 2 aromatic carbocycles. The standard InChI is InChI=1S/C25H32BrN3O/c1-4-18-5-7-19(8-6-18)22-16-23(21-15-20(26)9-10-24(21)30)28-25(27-22)11-13-29(14-12-25)17(2)3/h5-10,15,17,23,28,30H,4,11-14,16H2,1-3H3. The van der Waals surface area contributed by atoms with Crippen LogP contribution in [0.25, 0.3) is 0 Å². The van der Waals surface area contributed by atoms with Crippen molar-refractivity contribution in [2.45, 2.75) is 64.2 Å². The monoisotopic (exact) mass is 469 g/mol. The first-order chi connectivity index (χ1) is 14.4. The van der Waals surface area contributed by atoms with E-state index >= 15 is 0 Å². The third kappa shape index (κ3) is 4.48. The molecule has 160 valence electrons. The topological polar surface area (TPSA) is 47.9 Å². The van der Waals surface area contributed by atoms with Crippen molar-refractivity contribution in [3.8, 4) is 5.75 Å². The van der Waals surface area contributed by atoms with Gasteiger partial charge in [0.1, 0.15) is 11.4 Å². The lowest BCUT2D eigenvalue weighted by molar-refractivity contribution is 0.103. The Morgan fingerprint density at radius 3 is 2.50 bits per heavy atom. The molecule has 1 fully saturated rings. The molecular formula is C25H32BrN3O. The van der Waals surface area contributed by atoms with E-state index in [1.165, 1.54) is 11.1 Å². The van der Waals surface area contributed by atoms with Crippen LogP contribution in [0.1, 0.15) is 62.8 Å². The van der Waals surface area contributed by atoms with Crippen molar-refractivity contribution in [2.75, 3.05) is 13.1 Å². The van der Waals surface area contributed by atoms with Gasteiger partial charge < -0.3 is 10.0 Å². The Balaban J connectivity index is 1.70. The number of nitrogens with zero attached hydrogens (tertiary/aromatic N) is 2. The molecule has 1 atom stereocenters. The molecule has 0 bridgehead atoms. The third-order valence-electron chi connectivity index (χ3n) is 6.61. The van der Waals surface area contributed by atoms with E-state index in [1.54, 1.807) is 6.07 Å². The van der Waals surface area contributed by atoms with Crippen LogP contribution in [0, 0.1) is 0 Å². The van der Waals surface area contributed by atoms with Gasteiger partial charge in [0.2, 0.25) is 0 Å². The van der Waals surface area contributed by atoms with Gasteiger partial charge in [0.05, 0.1) is 0 Å². The molecule has 4 nitrogen and oxygen atoms in total. The number of phenols is 1. The Kier molecular flexibility index (Phi) is 6.33. The maximum atomic E-state index is 10.6. The van der Waals surface area contributed by atoms with Crippen molar-refractivity contribution in [3.63, 3.8) is 0 Å². The van der Waals surface area contributed by atoms with E-state index in [2.05, 4.69) is 71.2 Å². The number of benzene rings is 2. The van der Waals surface area contributed by atoms with Crippen molar-refractivity contribution in [1.82, 2.24) is 10.2 Å². The molecule has 0 saturated carbocycles. The summed E-state index contributed by atoms with van der Waals surface area (Å²) in [4.78, 5) is 7.83. The van der Waals surface area contributed by atoms with Gasteiger partial charge in [-0.3, -0.25) is 10.3 Å². The van der Waals surface area contributed by atoms with Crippen LogP contribution in [0.2, 0.25) is 0 Å². The van der Waals surface area contributed by atoms with Crippen LogP contribution >= 0.6 is 15.9 Å². The zero-order valence-electron chi connectivity index (χ0n) is 18.2. The highest BCUT2D eigenvalue weighted by Crippen LogP contribution is 2.38. The maximum Gasteiger partial charge on any atom is 0.120 e. The van der Waals surface area contributed by atoms with Gasteiger partial charge in [-0.15, -0.1) is 0 Å². The number of aryl methyl sites for hydroxylation is 1. The van der Waals surface area contributed by atoms with Gasteiger partial charge in [0.25, 0.3) is 0 Å². The average molecular weight is 470 g/mol. The molecule has 2 aliphatic heterocycles. The third-order valence-corrected chi connectivity index (χ3v) is 7.10. The highest BCUT2D eigenvalue weighted by Gasteiger charge is 2.40. The lowest BCUT2D eigenvalue weighted by Gasteiger charge is -2.46. The number of rotatable bonds is 4. The Morgan fingerprint density at radius 2 is 1.87 bits per heavy atom. The second kappa shape index (κ2) is 8.81. The number of nitrogens with one attached hydrogen (secondary N) is 1. The number of aliphatic imine (C=N–C) groups is 1. The van der Waals surface area contributed by atoms with Crippen LogP contribution in [0.5, 0.6) is 5.75 Å². The van der Waals surface area contributed by atoms with E-state index in [0.717, 1.165) is 54.5 Å². The fourth-order valence-electron chi connectivity index (χ4n) is 4.68. The molecule has 2 aromatic rings. The van der Waals surface area contributed by atoms with Gasteiger partial charge in [0, 0.05) is 47.3 Å². The molecule has 1 saturated heterocycles. The number of piperidine rings is 1. The minimum absolute atomic E-state index is 0.0338. The maximum absolute atomic E-state index is 10.6. The van der Waals surface area contributed by atoms with Crippen molar-refractivity contribution in [1.29, 1.82) is 0 Å². The van der Waals surface area contributed by atoms with Crippen LogP contribution in [0.4, 0.5) is 0 Å². The molecule has 5 heteroatoms. The molecular weight excluding hydrogens is 438 g/mol. The molecule has 0 aromatic heterocycles. The number of hydrogen-bond acceptors (Lipinski definition) is 4. The van der Waals surface area contributed by atoms with Crippen LogP contribution in [-0.2, 0) is 6.42 Å². The van der Waals surface area contributed by atoms with Gasteiger partial charge in [-0.1, -0.05) is 47.1 Å². The Hall–Kier alpha value is -1.69. The molecule has 2 heterocycles. The smallest absolute Gasteiger partial charge is 0.120 e. The second-order valence-electron chi connectivity index (χ2n) is 8.87. The van der Waals surface area contributed by atoms with Gasteiger partial charge in [-0.25, -0.2) is 0 Å². The highest BCUT2D eigenvalue weighted by molar-refractivity contribution is 9.10. The van der Waals surface area contributed by atoms with Crippen molar-refractivity contribution in [2.24, 2.45) is 4.99 Å². The molecule has 0 radical (unpaired) electrons. The first-order valence-corrected chi connectivity index (χ1v) is 11.9.